The Morgan fingerprint density at radius 2 is 1.94 bits per heavy atom. The zero-order valence-electron chi connectivity index (χ0n) is 10.2. The molecule has 7 heteroatoms. The van der Waals surface area contributed by atoms with E-state index in [-0.39, 0.29) is 0 Å². The fourth-order valence-corrected chi connectivity index (χ4v) is 1.95. The van der Waals surface area contributed by atoms with Crippen molar-refractivity contribution in [3.8, 4) is 0 Å². The van der Waals surface area contributed by atoms with E-state index in [2.05, 4.69) is 21.9 Å². The first-order valence-electron chi connectivity index (χ1n) is 5.94. The normalized spacial score (nSPS) is 18.5. The molecular weight excluding hydrogens is 219 g/mol. The molecule has 1 fully saturated rings. The molecule has 1 aromatic rings. The van der Waals surface area contributed by atoms with Gasteiger partial charge in [0.2, 0.25) is 0 Å². The van der Waals surface area contributed by atoms with Gasteiger partial charge in [-0.15, -0.1) is 0 Å². The van der Waals surface area contributed by atoms with Crippen LogP contribution < -0.4 is 5.46 Å². The Balaban J connectivity index is 1.77. The Labute approximate surface area is 102 Å². The highest BCUT2D eigenvalue weighted by molar-refractivity contribution is 6.58. The summed E-state index contributed by atoms with van der Waals surface area (Å²) in [5.41, 5.74) is 0.448. The maximum absolute atomic E-state index is 8.97. The van der Waals surface area contributed by atoms with Crippen LogP contribution in [-0.4, -0.2) is 76.5 Å². The summed E-state index contributed by atoms with van der Waals surface area (Å²) >= 11 is 0. The first kappa shape index (κ1) is 12.6. The first-order valence-corrected chi connectivity index (χ1v) is 5.94. The maximum Gasteiger partial charge on any atom is 0.491 e. The van der Waals surface area contributed by atoms with Gasteiger partial charge in [-0.05, 0) is 7.05 Å². The minimum atomic E-state index is -1.42. The molecule has 0 aliphatic carbocycles. The number of nitrogens with zero attached hydrogens (tertiary/aromatic N) is 4. The second-order valence-electron chi connectivity index (χ2n) is 4.56. The molecule has 0 radical (unpaired) electrons. The molecule has 94 valence electrons. The molecular formula is C10H19BN4O2. The fourth-order valence-electron chi connectivity index (χ4n) is 1.95. The maximum atomic E-state index is 8.97. The molecule has 0 spiro atoms. The number of likely N-dealkylation sites (N-methyl/N-ethyl adjacent to an activating group) is 1. The van der Waals surface area contributed by atoms with Crippen LogP contribution >= 0.6 is 0 Å². The standard InChI is InChI=1S/C10H19BN4O2/c1-13-2-4-14(5-3-13)6-7-15-9-10(8-12-15)11(16)17/h8-9,16-17H,2-7H2,1H3. The Morgan fingerprint density at radius 1 is 1.24 bits per heavy atom. The van der Waals surface area contributed by atoms with E-state index in [0.29, 0.717) is 5.46 Å². The zero-order valence-corrected chi connectivity index (χ0v) is 10.2. The number of aromatic nitrogens is 2. The summed E-state index contributed by atoms with van der Waals surface area (Å²) in [6, 6.07) is 0. The van der Waals surface area contributed by atoms with E-state index in [1.165, 1.54) is 6.20 Å². The number of hydrogen-bond acceptors (Lipinski definition) is 5. The number of rotatable bonds is 4. The highest BCUT2D eigenvalue weighted by atomic mass is 16.4. The highest BCUT2D eigenvalue weighted by Crippen LogP contribution is 1.99. The lowest BCUT2D eigenvalue weighted by atomic mass is 9.83. The van der Waals surface area contributed by atoms with E-state index >= 15 is 0 Å². The van der Waals surface area contributed by atoms with Crippen LogP contribution in [0.2, 0.25) is 0 Å². The van der Waals surface area contributed by atoms with E-state index in [4.69, 9.17) is 10.0 Å². The lowest BCUT2D eigenvalue weighted by Crippen LogP contribution is -2.45. The van der Waals surface area contributed by atoms with Gasteiger partial charge in [-0.2, -0.15) is 5.10 Å². The van der Waals surface area contributed by atoms with Gasteiger partial charge in [-0.1, -0.05) is 0 Å². The minimum Gasteiger partial charge on any atom is -0.423 e. The van der Waals surface area contributed by atoms with Crippen LogP contribution in [0.15, 0.2) is 12.4 Å². The highest BCUT2D eigenvalue weighted by Gasteiger charge is 2.15. The van der Waals surface area contributed by atoms with Crippen LogP contribution in [-0.2, 0) is 6.54 Å². The lowest BCUT2D eigenvalue weighted by Gasteiger charge is -2.32. The van der Waals surface area contributed by atoms with Gasteiger partial charge >= 0.3 is 7.12 Å². The lowest BCUT2D eigenvalue weighted by molar-refractivity contribution is 0.149. The van der Waals surface area contributed by atoms with Crippen LogP contribution in [0.4, 0.5) is 0 Å². The smallest absolute Gasteiger partial charge is 0.423 e. The quantitative estimate of drug-likeness (QED) is 0.583. The third-order valence-corrected chi connectivity index (χ3v) is 3.19. The average Bonchev–Trinajstić information content (AvgIpc) is 2.77. The molecule has 0 amide bonds. The van der Waals surface area contributed by atoms with Crippen molar-refractivity contribution in [1.29, 1.82) is 0 Å². The number of hydrogen-bond donors (Lipinski definition) is 2. The van der Waals surface area contributed by atoms with Crippen LogP contribution in [0.25, 0.3) is 0 Å². The molecule has 0 aromatic carbocycles. The third kappa shape index (κ3) is 3.54. The average molecular weight is 238 g/mol. The SMILES string of the molecule is CN1CCN(CCn2cc(B(O)O)cn2)CC1. The summed E-state index contributed by atoms with van der Waals surface area (Å²) in [7, 11) is 0.715. The Morgan fingerprint density at radius 3 is 2.53 bits per heavy atom. The molecule has 2 N–H and O–H groups in total. The van der Waals surface area contributed by atoms with Crippen molar-refractivity contribution in [2.24, 2.45) is 0 Å². The summed E-state index contributed by atoms with van der Waals surface area (Å²) in [6.07, 6.45) is 3.18. The van der Waals surface area contributed by atoms with E-state index in [1.807, 2.05) is 0 Å². The molecule has 0 atom stereocenters. The summed E-state index contributed by atoms with van der Waals surface area (Å²) < 4.78 is 1.76. The third-order valence-electron chi connectivity index (χ3n) is 3.19. The van der Waals surface area contributed by atoms with E-state index in [9.17, 15) is 0 Å². The fraction of sp³-hybridized carbons (Fsp3) is 0.700. The van der Waals surface area contributed by atoms with Crippen molar-refractivity contribution in [2.45, 2.75) is 6.54 Å². The monoisotopic (exact) mass is 238 g/mol. The first-order chi connectivity index (χ1) is 8.15. The minimum absolute atomic E-state index is 0.448. The van der Waals surface area contributed by atoms with Crippen molar-refractivity contribution < 1.29 is 10.0 Å². The van der Waals surface area contributed by atoms with Gasteiger partial charge < -0.3 is 14.9 Å². The molecule has 17 heavy (non-hydrogen) atoms. The zero-order chi connectivity index (χ0) is 12.3. The van der Waals surface area contributed by atoms with Gasteiger partial charge in [0.15, 0.2) is 0 Å². The predicted octanol–water partition coefficient (Wildman–Crippen LogP) is -2.19. The van der Waals surface area contributed by atoms with Crippen LogP contribution in [0, 0.1) is 0 Å². The Kier molecular flexibility index (Phi) is 4.17. The summed E-state index contributed by atoms with van der Waals surface area (Å²) in [6.45, 7) is 6.15. The van der Waals surface area contributed by atoms with Gasteiger partial charge in [0.1, 0.15) is 0 Å². The van der Waals surface area contributed by atoms with Gasteiger partial charge in [-0.3, -0.25) is 9.58 Å². The van der Waals surface area contributed by atoms with Gasteiger partial charge in [0.05, 0.1) is 6.54 Å². The van der Waals surface area contributed by atoms with Crippen molar-refractivity contribution in [3.05, 3.63) is 12.4 Å². The van der Waals surface area contributed by atoms with Crippen molar-refractivity contribution in [3.63, 3.8) is 0 Å². The van der Waals surface area contributed by atoms with Crippen molar-refractivity contribution >= 4 is 12.6 Å². The second-order valence-corrected chi connectivity index (χ2v) is 4.56. The van der Waals surface area contributed by atoms with Crippen molar-refractivity contribution in [1.82, 2.24) is 19.6 Å². The van der Waals surface area contributed by atoms with Crippen molar-refractivity contribution in [2.75, 3.05) is 39.8 Å². The van der Waals surface area contributed by atoms with Crippen LogP contribution in [0.5, 0.6) is 0 Å². The van der Waals surface area contributed by atoms with E-state index in [0.717, 1.165) is 39.3 Å². The Hall–Kier alpha value is -0.885. The second kappa shape index (κ2) is 5.64. The van der Waals surface area contributed by atoms with Crippen LogP contribution in [0.3, 0.4) is 0 Å². The topological polar surface area (TPSA) is 64.8 Å². The van der Waals surface area contributed by atoms with Gasteiger partial charge in [0.25, 0.3) is 0 Å². The largest absolute Gasteiger partial charge is 0.491 e. The summed E-state index contributed by atoms with van der Waals surface area (Å²) in [5.74, 6) is 0. The summed E-state index contributed by atoms with van der Waals surface area (Å²) in [4.78, 5) is 4.72. The van der Waals surface area contributed by atoms with Gasteiger partial charge in [0, 0.05) is 50.6 Å². The molecule has 2 heterocycles. The molecule has 2 rings (SSSR count). The molecule has 1 saturated heterocycles. The molecule has 1 aliphatic rings. The molecule has 0 bridgehead atoms. The predicted molar refractivity (Wildman–Crippen MR) is 66.0 cm³/mol. The molecule has 0 unspecified atom stereocenters. The van der Waals surface area contributed by atoms with Crippen LogP contribution in [0.1, 0.15) is 0 Å². The summed E-state index contributed by atoms with van der Waals surface area (Å²) in [5, 5.41) is 22.0. The molecule has 1 aromatic heterocycles. The molecule has 6 nitrogen and oxygen atoms in total. The van der Waals surface area contributed by atoms with E-state index in [1.54, 1.807) is 10.9 Å². The number of piperazine rings is 1. The molecule has 0 saturated carbocycles. The van der Waals surface area contributed by atoms with Gasteiger partial charge in [-0.25, -0.2) is 0 Å². The van der Waals surface area contributed by atoms with E-state index < -0.39 is 7.12 Å². The Bertz CT molecular complexity index is 350. The molecule has 1 aliphatic heterocycles.